The first kappa shape index (κ1) is 23.6. The molecule has 9 heteroatoms. The molecule has 2 N–H and O–H groups in total. The number of nitrogens with zero attached hydrogens (tertiary/aromatic N) is 3. The van der Waals surface area contributed by atoms with Crippen LogP contribution in [-0.4, -0.2) is 53.4 Å². The zero-order valence-corrected chi connectivity index (χ0v) is 19.7. The molecule has 0 fully saturated rings. The van der Waals surface area contributed by atoms with Crippen molar-refractivity contribution in [1.29, 1.82) is 0 Å². The molecular formula is C25H30N4O5. The lowest BCUT2D eigenvalue weighted by Gasteiger charge is -2.18. The van der Waals surface area contributed by atoms with E-state index in [-0.39, 0.29) is 12.1 Å². The van der Waals surface area contributed by atoms with E-state index in [1.54, 1.807) is 12.1 Å². The number of carbonyl (C=O) groups is 1. The maximum Gasteiger partial charge on any atom is 0.307 e. The fraction of sp³-hybridized carbons (Fsp3) is 0.400. The normalized spacial score (nSPS) is 13.8. The molecule has 1 aliphatic heterocycles. The minimum absolute atomic E-state index is 0.0255. The van der Waals surface area contributed by atoms with E-state index in [1.807, 2.05) is 45.0 Å². The van der Waals surface area contributed by atoms with Crippen LogP contribution in [0.25, 0.3) is 22.8 Å². The molecule has 1 aromatic heterocycles. The van der Waals surface area contributed by atoms with E-state index in [0.717, 1.165) is 16.9 Å². The Balaban J connectivity index is 1.53. The first-order valence-corrected chi connectivity index (χ1v) is 11.5. The van der Waals surface area contributed by atoms with Crippen LogP contribution in [0.4, 0.5) is 5.69 Å². The van der Waals surface area contributed by atoms with Crippen LogP contribution in [0.1, 0.15) is 32.8 Å². The lowest BCUT2D eigenvalue weighted by atomic mass is 10.1. The Morgan fingerprint density at radius 3 is 2.88 bits per heavy atom. The number of fused-ring (bicyclic) bond motifs is 1. The van der Waals surface area contributed by atoms with Gasteiger partial charge in [0.2, 0.25) is 5.82 Å². The van der Waals surface area contributed by atoms with Crippen LogP contribution in [-0.2, 0) is 16.1 Å². The summed E-state index contributed by atoms with van der Waals surface area (Å²) in [6.07, 6.45) is 0.374. The summed E-state index contributed by atoms with van der Waals surface area (Å²) in [5.41, 5.74) is 9.11. The molecule has 0 saturated heterocycles. The molecule has 3 aromatic rings. The molecule has 34 heavy (non-hydrogen) atoms. The minimum atomic E-state index is -0.189. The third kappa shape index (κ3) is 5.48. The Labute approximate surface area is 198 Å². The number of nitrogens with two attached hydrogens (primary N) is 1. The van der Waals surface area contributed by atoms with Crippen molar-refractivity contribution in [3.63, 3.8) is 0 Å². The molecule has 9 nitrogen and oxygen atoms in total. The van der Waals surface area contributed by atoms with Crippen LogP contribution < -0.4 is 15.2 Å². The molecule has 0 saturated carbocycles. The molecule has 180 valence electrons. The van der Waals surface area contributed by atoms with E-state index < -0.39 is 0 Å². The summed E-state index contributed by atoms with van der Waals surface area (Å²) in [7, 11) is 0. The van der Waals surface area contributed by atoms with E-state index in [9.17, 15) is 4.79 Å². The Morgan fingerprint density at radius 1 is 1.26 bits per heavy atom. The van der Waals surface area contributed by atoms with Crippen molar-refractivity contribution in [3.05, 3.63) is 42.0 Å². The Bertz CT molecular complexity index is 1140. The summed E-state index contributed by atoms with van der Waals surface area (Å²) in [5, 5.41) is 4.19. The Kier molecular flexibility index (Phi) is 7.32. The van der Waals surface area contributed by atoms with Gasteiger partial charge in [0.05, 0.1) is 30.4 Å². The second-order valence-corrected chi connectivity index (χ2v) is 8.32. The average molecular weight is 467 g/mol. The van der Waals surface area contributed by atoms with Crippen LogP contribution in [0, 0.1) is 0 Å². The molecule has 0 radical (unpaired) electrons. The Morgan fingerprint density at radius 2 is 2.12 bits per heavy atom. The number of para-hydroxylation sites is 1. The number of ether oxygens (including phenoxy) is 3. The SMILES string of the molecule is CCOC(=O)CCN1CCOc2c(cccc2-c2noc(-c3ccc(OC(C)C)c(N)c3)n2)C1. The fourth-order valence-corrected chi connectivity index (χ4v) is 3.82. The highest BCUT2D eigenvalue weighted by Gasteiger charge is 2.22. The van der Waals surface area contributed by atoms with Crippen LogP contribution >= 0.6 is 0 Å². The molecule has 0 bridgehead atoms. The first-order valence-electron chi connectivity index (χ1n) is 11.5. The summed E-state index contributed by atoms with van der Waals surface area (Å²) in [6, 6.07) is 11.3. The first-order chi connectivity index (χ1) is 16.4. The zero-order valence-electron chi connectivity index (χ0n) is 19.7. The molecule has 0 unspecified atom stereocenters. The second-order valence-electron chi connectivity index (χ2n) is 8.32. The van der Waals surface area contributed by atoms with Crippen molar-refractivity contribution in [2.75, 3.05) is 32.0 Å². The maximum absolute atomic E-state index is 11.7. The highest BCUT2D eigenvalue weighted by molar-refractivity contribution is 5.70. The van der Waals surface area contributed by atoms with Gasteiger partial charge in [0.15, 0.2) is 0 Å². The van der Waals surface area contributed by atoms with E-state index in [1.165, 1.54) is 0 Å². The van der Waals surface area contributed by atoms with Crippen molar-refractivity contribution in [3.8, 4) is 34.3 Å². The van der Waals surface area contributed by atoms with Gasteiger partial charge < -0.3 is 24.5 Å². The summed E-state index contributed by atoms with van der Waals surface area (Å²) < 4.78 is 22.4. The maximum atomic E-state index is 11.7. The predicted molar refractivity (Wildman–Crippen MR) is 127 cm³/mol. The van der Waals surface area contributed by atoms with E-state index in [0.29, 0.717) is 68.0 Å². The van der Waals surface area contributed by atoms with Crippen molar-refractivity contribution < 1.29 is 23.5 Å². The number of anilines is 1. The van der Waals surface area contributed by atoms with Gasteiger partial charge in [-0.15, -0.1) is 0 Å². The second kappa shape index (κ2) is 10.6. The number of aromatic nitrogens is 2. The van der Waals surface area contributed by atoms with Crippen molar-refractivity contribution in [2.45, 2.75) is 39.8 Å². The van der Waals surface area contributed by atoms with Gasteiger partial charge >= 0.3 is 5.97 Å². The lowest BCUT2D eigenvalue weighted by Crippen LogP contribution is -2.28. The largest absolute Gasteiger partial charge is 0.491 e. The van der Waals surface area contributed by atoms with E-state index in [4.69, 9.17) is 24.5 Å². The molecule has 2 aromatic carbocycles. The predicted octanol–water partition coefficient (Wildman–Crippen LogP) is 3.92. The third-order valence-corrected chi connectivity index (χ3v) is 5.37. The molecule has 4 rings (SSSR count). The van der Waals surface area contributed by atoms with Gasteiger partial charge in [-0.05, 0) is 45.0 Å². The number of rotatable bonds is 8. The summed E-state index contributed by atoms with van der Waals surface area (Å²) in [5.74, 6) is 1.96. The third-order valence-electron chi connectivity index (χ3n) is 5.37. The fourth-order valence-electron chi connectivity index (χ4n) is 3.82. The van der Waals surface area contributed by atoms with E-state index >= 15 is 0 Å². The highest BCUT2D eigenvalue weighted by Crippen LogP contribution is 2.35. The van der Waals surface area contributed by atoms with Gasteiger partial charge in [0, 0.05) is 30.8 Å². The summed E-state index contributed by atoms with van der Waals surface area (Å²) in [6.45, 7) is 8.55. The number of benzene rings is 2. The molecule has 0 spiro atoms. The quantitative estimate of drug-likeness (QED) is 0.390. The van der Waals surface area contributed by atoms with Crippen LogP contribution in [0.15, 0.2) is 40.9 Å². The van der Waals surface area contributed by atoms with Gasteiger partial charge in [-0.1, -0.05) is 17.3 Å². The number of nitrogen functional groups attached to an aromatic ring is 1. The van der Waals surface area contributed by atoms with Gasteiger partial charge in [0.1, 0.15) is 18.1 Å². The van der Waals surface area contributed by atoms with Crippen LogP contribution in [0.3, 0.4) is 0 Å². The topological polar surface area (TPSA) is 113 Å². The van der Waals surface area contributed by atoms with Gasteiger partial charge in [0.25, 0.3) is 5.89 Å². The monoisotopic (exact) mass is 466 g/mol. The summed E-state index contributed by atoms with van der Waals surface area (Å²) >= 11 is 0. The van der Waals surface area contributed by atoms with Gasteiger partial charge in [-0.2, -0.15) is 4.98 Å². The van der Waals surface area contributed by atoms with Crippen molar-refractivity contribution in [2.24, 2.45) is 0 Å². The van der Waals surface area contributed by atoms with Crippen molar-refractivity contribution >= 4 is 11.7 Å². The molecule has 0 aliphatic carbocycles. The molecular weight excluding hydrogens is 436 g/mol. The Hall–Kier alpha value is -3.59. The highest BCUT2D eigenvalue weighted by atomic mass is 16.5. The standard InChI is InChI=1S/C25H30N4O5/c1-4-31-22(30)10-11-29-12-13-32-23-18(15-29)6-5-7-19(23)24-27-25(34-28-24)17-8-9-21(20(26)14-17)33-16(2)3/h5-9,14,16H,4,10-13,15,26H2,1-3H3. The van der Waals surface area contributed by atoms with Crippen molar-refractivity contribution in [1.82, 2.24) is 15.0 Å². The average Bonchev–Trinajstić information content (AvgIpc) is 3.19. The van der Waals surface area contributed by atoms with Crippen LogP contribution in [0.2, 0.25) is 0 Å². The van der Waals surface area contributed by atoms with Gasteiger partial charge in [-0.25, -0.2) is 0 Å². The zero-order chi connectivity index (χ0) is 24.1. The van der Waals surface area contributed by atoms with Crippen LogP contribution in [0.5, 0.6) is 11.5 Å². The molecule has 0 amide bonds. The number of hydrogen-bond acceptors (Lipinski definition) is 9. The summed E-state index contributed by atoms with van der Waals surface area (Å²) in [4.78, 5) is 18.5. The molecule has 1 aliphatic rings. The smallest absolute Gasteiger partial charge is 0.307 e. The molecule has 0 atom stereocenters. The molecule has 2 heterocycles. The van der Waals surface area contributed by atoms with E-state index in [2.05, 4.69) is 15.0 Å². The lowest BCUT2D eigenvalue weighted by molar-refractivity contribution is -0.143. The number of esters is 1. The minimum Gasteiger partial charge on any atom is -0.491 e. The van der Waals surface area contributed by atoms with Gasteiger partial charge in [-0.3, -0.25) is 9.69 Å². The number of hydrogen-bond donors (Lipinski definition) is 1. The number of carbonyl (C=O) groups excluding carboxylic acids is 1.